The van der Waals surface area contributed by atoms with Crippen LogP contribution in [0.3, 0.4) is 0 Å². The molecule has 0 aliphatic heterocycles. The van der Waals surface area contributed by atoms with Crippen molar-refractivity contribution in [3.63, 3.8) is 0 Å². The summed E-state index contributed by atoms with van der Waals surface area (Å²) in [5.41, 5.74) is 10.4. The Bertz CT molecular complexity index is 291. The summed E-state index contributed by atoms with van der Waals surface area (Å²) in [6.07, 6.45) is 3.45. The molecule has 1 heteroatoms. The molecule has 0 bridgehead atoms. The maximum Gasteiger partial charge on any atom is 0.0300 e. The van der Waals surface area contributed by atoms with E-state index in [2.05, 4.69) is 25.1 Å². The lowest BCUT2D eigenvalue weighted by Gasteiger charge is -2.07. The van der Waals surface area contributed by atoms with Gasteiger partial charge in [-0.15, -0.1) is 0 Å². The summed E-state index contributed by atoms with van der Waals surface area (Å²) in [6, 6.07) is 6.82. The molecule has 0 saturated carbocycles. The third-order valence-electron chi connectivity index (χ3n) is 2.79. The average Bonchev–Trinajstić information content (AvgIpc) is 2.48. The molecule has 12 heavy (non-hydrogen) atoms. The highest BCUT2D eigenvalue weighted by molar-refractivity contribution is 5.40. The molecule has 0 fully saturated rings. The van der Waals surface area contributed by atoms with Crippen LogP contribution in [0.1, 0.15) is 36.1 Å². The standard InChI is InChI=1S/C11H15N/c1-2-8-4-3-5-10-9(8)6-7-11(10)12/h3-5,11H,2,6-7,12H2,1H3/t11-/m1/s1. The Morgan fingerprint density at radius 3 is 3.08 bits per heavy atom. The largest absolute Gasteiger partial charge is 0.324 e. The summed E-state index contributed by atoms with van der Waals surface area (Å²) in [7, 11) is 0. The zero-order valence-electron chi connectivity index (χ0n) is 7.51. The lowest BCUT2D eigenvalue weighted by atomic mass is 10.0. The minimum atomic E-state index is 0.298. The van der Waals surface area contributed by atoms with Gasteiger partial charge in [-0.3, -0.25) is 0 Å². The highest BCUT2D eigenvalue weighted by atomic mass is 14.6. The van der Waals surface area contributed by atoms with E-state index in [0.717, 1.165) is 12.8 Å². The van der Waals surface area contributed by atoms with Gasteiger partial charge in [0.2, 0.25) is 0 Å². The summed E-state index contributed by atoms with van der Waals surface area (Å²) >= 11 is 0. The molecule has 1 nitrogen and oxygen atoms in total. The van der Waals surface area contributed by atoms with Crippen LogP contribution in [-0.2, 0) is 12.8 Å². The fourth-order valence-corrected chi connectivity index (χ4v) is 2.09. The first kappa shape index (κ1) is 7.81. The number of hydrogen-bond acceptors (Lipinski definition) is 1. The van der Waals surface area contributed by atoms with E-state index in [1.807, 2.05) is 0 Å². The van der Waals surface area contributed by atoms with E-state index in [-0.39, 0.29) is 0 Å². The van der Waals surface area contributed by atoms with Crippen molar-refractivity contribution in [1.29, 1.82) is 0 Å². The van der Waals surface area contributed by atoms with Gasteiger partial charge in [-0.05, 0) is 36.0 Å². The molecule has 0 unspecified atom stereocenters. The van der Waals surface area contributed by atoms with Crippen LogP contribution in [0, 0.1) is 0 Å². The first-order valence-corrected chi connectivity index (χ1v) is 4.69. The van der Waals surface area contributed by atoms with Crippen LogP contribution in [0.4, 0.5) is 0 Å². The SMILES string of the molecule is CCc1cccc2c1CC[C@H]2N. The van der Waals surface area contributed by atoms with Gasteiger partial charge in [-0.25, -0.2) is 0 Å². The Labute approximate surface area is 73.6 Å². The average molecular weight is 161 g/mol. The third kappa shape index (κ3) is 1.05. The van der Waals surface area contributed by atoms with Gasteiger partial charge in [-0.1, -0.05) is 25.1 Å². The highest BCUT2D eigenvalue weighted by Gasteiger charge is 2.19. The molecule has 0 amide bonds. The maximum atomic E-state index is 5.97. The number of aryl methyl sites for hydroxylation is 1. The van der Waals surface area contributed by atoms with Crippen molar-refractivity contribution < 1.29 is 0 Å². The van der Waals surface area contributed by atoms with Gasteiger partial charge in [0.25, 0.3) is 0 Å². The number of hydrogen-bond donors (Lipinski definition) is 1. The van der Waals surface area contributed by atoms with Crippen molar-refractivity contribution in [3.8, 4) is 0 Å². The summed E-state index contributed by atoms with van der Waals surface area (Å²) in [5, 5.41) is 0. The highest BCUT2D eigenvalue weighted by Crippen LogP contribution is 2.31. The fraction of sp³-hybridized carbons (Fsp3) is 0.455. The van der Waals surface area contributed by atoms with E-state index in [0.29, 0.717) is 6.04 Å². The minimum absolute atomic E-state index is 0.298. The molecule has 0 radical (unpaired) electrons. The van der Waals surface area contributed by atoms with Crippen LogP contribution in [0.15, 0.2) is 18.2 Å². The van der Waals surface area contributed by atoms with Crippen molar-refractivity contribution in [3.05, 3.63) is 34.9 Å². The topological polar surface area (TPSA) is 26.0 Å². The molecular formula is C11H15N. The molecule has 1 aromatic carbocycles. The Morgan fingerprint density at radius 1 is 1.50 bits per heavy atom. The monoisotopic (exact) mass is 161 g/mol. The molecular weight excluding hydrogens is 146 g/mol. The molecule has 1 atom stereocenters. The Balaban J connectivity index is 2.50. The van der Waals surface area contributed by atoms with E-state index < -0.39 is 0 Å². The zero-order chi connectivity index (χ0) is 8.55. The molecule has 1 aromatic rings. The molecule has 1 aliphatic rings. The maximum absolute atomic E-state index is 5.97. The zero-order valence-corrected chi connectivity index (χ0v) is 7.51. The minimum Gasteiger partial charge on any atom is -0.324 e. The first-order chi connectivity index (χ1) is 5.83. The summed E-state index contributed by atoms with van der Waals surface area (Å²) in [5.74, 6) is 0. The Hall–Kier alpha value is -0.820. The molecule has 0 saturated heterocycles. The van der Waals surface area contributed by atoms with Gasteiger partial charge in [0.1, 0.15) is 0 Å². The lowest BCUT2D eigenvalue weighted by molar-refractivity contribution is 0.713. The summed E-state index contributed by atoms with van der Waals surface area (Å²) < 4.78 is 0. The molecule has 64 valence electrons. The molecule has 0 aromatic heterocycles. The van der Waals surface area contributed by atoms with Crippen LogP contribution in [-0.4, -0.2) is 0 Å². The lowest BCUT2D eigenvalue weighted by Crippen LogP contribution is -2.05. The van der Waals surface area contributed by atoms with Crippen molar-refractivity contribution in [2.24, 2.45) is 5.73 Å². The fourth-order valence-electron chi connectivity index (χ4n) is 2.09. The Morgan fingerprint density at radius 2 is 2.33 bits per heavy atom. The van der Waals surface area contributed by atoms with Crippen LogP contribution in [0.25, 0.3) is 0 Å². The van der Waals surface area contributed by atoms with Crippen LogP contribution < -0.4 is 5.73 Å². The van der Waals surface area contributed by atoms with Crippen molar-refractivity contribution in [2.75, 3.05) is 0 Å². The molecule has 1 aliphatic carbocycles. The Kier molecular flexibility index (Phi) is 1.89. The van der Waals surface area contributed by atoms with Crippen molar-refractivity contribution in [2.45, 2.75) is 32.2 Å². The summed E-state index contributed by atoms with van der Waals surface area (Å²) in [4.78, 5) is 0. The third-order valence-corrected chi connectivity index (χ3v) is 2.79. The van der Waals surface area contributed by atoms with Crippen LogP contribution in [0.2, 0.25) is 0 Å². The van der Waals surface area contributed by atoms with Gasteiger partial charge in [0, 0.05) is 6.04 Å². The van der Waals surface area contributed by atoms with E-state index >= 15 is 0 Å². The van der Waals surface area contributed by atoms with Crippen LogP contribution >= 0.6 is 0 Å². The van der Waals surface area contributed by atoms with Gasteiger partial charge in [-0.2, -0.15) is 0 Å². The van der Waals surface area contributed by atoms with Crippen molar-refractivity contribution >= 4 is 0 Å². The molecule has 2 N–H and O–H groups in total. The quantitative estimate of drug-likeness (QED) is 0.671. The van der Waals surface area contributed by atoms with Crippen molar-refractivity contribution in [1.82, 2.24) is 0 Å². The van der Waals surface area contributed by atoms with E-state index in [1.54, 1.807) is 0 Å². The van der Waals surface area contributed by atoms with Gasteiger partial charge < -0.3 is 5.73 Å². The molecule has 0 spiro atoms. The number of rotatable bonds is 1. The van der Waals surface area contributed by atoms with Gasteiger partial charge in [0.15, 0.2) is 0 Å². The predicted molar refractivity (Wildman–Crippen MR) is 51.1 cm³/mol. The van der Waals surface area contributed by atoms with E-state index in [4.69, 9.17) is 5.73 Å². The smallest absolute Gasteiger partial charge is 0.0300 e. The molecule has 2 rings (SSSR count). The van der Waals surface area contributed by atoms with E-state index in [1.165, 1.54) is 23.1 Å². The second kappa shape index (κ2) is 2.91. The van der Waals surface area contributed by atoms with Gasteiger partial charge in [0.05, 0.1) is 0 Å². The summed E-state index contributed by atoms with van der Waals surface area (Å²) in [6.45, 7) is 2.21. The predicted octanol–water partition coefficient (Wildman–Crippen LogP) is 2.19. The number of benzene rings is 1. The number of nitrogens with two attached hydrogens (primary N) is 1. The second-order valence-electron chi connectivity index (χ2n) is 3.48. The normalized spacial score (nSPS) is 21.0. The first-order valence-electron chi connectivity index (χ1n) is 4.69. The number of fused-ring (bicyclic) bond motifs is 1. The van der Waals surface area contributed by atoms with Crippen LogP contribution in [0.5, 0.6) is 0 Å². The van der Waals surface area contributed by atoms with E-state index in [9.17, 15) is 0 Å². The second-order valence-corrected chi connectivity index (χ2v) is 3.48. The van der Waals surface area contributed by atoms with Gasteiger partial charge >= 0.3 is 0 Å². The molecule has 0 heterocycles.